The van der Waals surface area contributed by atoms with Gasteiger partial charge in [-0.3, -0.25) is 0 Å². The van der Waals surface area contributed by atoms with Crippen molar-refractivity contribution in [1.29, 1.82) is 0 Å². The van der Waals surface area contributed by atoms with Gasteiger partial charge in [0.25, 0.3) is 0 Å². The topological polar surface area (TPSA) is 20.2 Å². The Morgan fingerprint density at radius 1 is 1.00 bits per heavy atom. The molecule has 0 radical (unpaired) electrons. The van der Waals surface area contributed by atoms with Crippen molar-refractivity contribution in [1.82, 2.24) is 0 Å². The van der Waals surface area contributed by atoms with E-state index in [1.165, 1.54) is 39.0 Å². The molecule has 1 nitrogen and oxygen atoms in total. The van der Waals surface area contributed by atoms with Gasteiger partial charge in [0.05, 0.1) is 12.0 Å². The lowest BCUT2D eigenvalue weighted by Gasteiger charge is -2.57. The number of aliphatic hydroxyl groups is 1. The first-order valence-corrected chi connectivity index (χ1v) is 12.9. The summed E-state index contributed by atoms with van der Waals surface area (Å²) in [5.41, 5.74) is 2.14. The summed E-state index contributed by atoms with van der Waals surface area (Å²) in [6.45, 7) is 8.52. The van der Waals surface area contributed by atoms with Crippen molar-refractivity contribution in [2.75, 3.05) is 0 Å². The maximum absolute atomic E-state index is 13.0. The molecule has 3 saturated carbocycles. The fourth-order valence-electron chi connectivity index (χ4n) is 8.68. The quantitative estimate of drug-likeness (QED) is 0.440. The number of aliphatic hydroxyl groups excluding tert-OH is 1. The Bertz CT molecular complexity index is 684. The number of alkyl halides is 3. The molecule has 0 aromatic heterocycles. The van der Waals surface area contributed by atoms with Crippen LogP contribution in [0.5, 0.6) is 0 Å². The number of allylic oxidation sites excluding steroid dienone is 2. The van der Waals surface area contributed by atoms with Crippen molar-refractivity contribution < 1.29 is 18.3 Å². The van der Waals surface area contributed by atoms with Crippen LogP contribution in [0.1, 0.15) is 98.3 Å². The zero-order valence-electron chi connectivity index (χ0n) is 20.0. The molecule has 4 aliphatic rings. The number of halogens is 3. The van der Waals surface area contributed by atoms with Gasteiger partial charge in [-0.25, -0.2) is 0 Å². The van der Waals surface area contributed by atoms with Crippen LogP contribution in [-0.2, 0) is 0 Å². The average molecular weight is 441 g/mol. The molecule has 0 heterocycles. The summed E-state index contributed by atoms with van der Waals surface area (Å²) >= 11 is 0. The summed E-state index contributed by atoms with van der Waals surface area (Å²) in [5.74, 6) is 1.89. The minimum Gasteiger partial charge on any atom is -0.393 e. The van der Waals surface area contributed by atoms with Crippen LogP contribution in [0, 0.1) is 46.3 Å². The molecule has 1 N–H and O–H groups in total. The van der Waals surface area contributed by atoms with Gasteiger partial charge in [0.15, 0.2) is 0 Å². The van der Waals surface area contributed by atoms with Crippen molar-refractivity contribution in [3.8, 4) is 0 Å². The molecular weight excluding hydrogens is 397 g/mol. The van der Waals surface area contributed by atoms with Gasteiger partial charge < -0.3 is 5.11 Å². The Morgan fingerprint density at radius 3 is 2.45 bits per heavy atom. The zero-order valence-corrected chi connectivity index (χ0v) is 20.0. The Balaban J connectivity index is 1.48. The molecule has 0 bridgehead atoms. The number of hydrogen-bond acceptors (Lipinski definition) is 1. The van der Waals surface area contributed by atoms with E-state index in [4.69, 9.17) is 0 Å². The van der Waals surface area contributed by atoms with Crippen molar-refractivity contribution in [3.05, 3.63) is 11.6 Å². The highest BCUT2D eigenvalue weighted by Crippen LogP contribution is 2.67. The summed E-state index contributed by atoms with van der Waals surface area (Å²) < 4.78 is 39.0. The van der Waals surface area contributed by atoms with Gasteiger partial charge in [0.2, 0.25) is 0 Å². The van der Waals surface area contributed by atoms with Crippen LogP contribution in [0.4, 0.5) is 13.2 Å². The largest absolute Gasteiger partial charge is 0.393 e. The summed E-state index contributed by atoms with van der Waals surface area (Å²) in [6, 6.07) is 0. The number of rotatable bonds is 4. The molecule has 8 unspecified atom stereocenters. The zero-order chi connectivity index (χ0) is 22.6. The van der Waals surface area contributed by atoms with E-state index in [-0.39, 0.29) is 23.4 Å². The van der Waals surface area contributed by atoms with Gasteiger partial charge >= 0.3 is 6.18 Å². The Morgan fingerprint density at radius 2 is 1.74 bits per heavy atom. The van der Waals surface area contributed by atoms with E-state index >= 15 is 0 Å². The first kappa shape index (κ1) is 23.6. The number of fused-ring (bicyclic) bond motifs is 5. The molecular formula is C27H43F3O. The molecule has 0 aliphatic heterocycles. The van der Waals surface area contributed by atoms with Crippen LogP contribution in [0.25, 0.3) is 0 Å². The molecule has 4 aliphatic carbocycles. The molecule has 0 amide bonds. The number of hydrogen-bond donors (Lipinski definition) is 1. The molecule has 9 atom stereocenters. The Kier molecular flexibility index (Phi) is 6.38. The van der Waals surface area contributed by atoms with Crippen LogP contribution in [-0.4, -0.2) is 17.4 Å². The second-order valence-electron chi connectivity index (χ2n) is 12.2. The lowest BCUT2D eigenvalue weighted by atomic mass is 9.48. The van der Waals surface area contributed by atoms with E-state index in [9.17, 15) is 18.3 Å². The molecule has 0 saturated heterocycles. The Labute approximate surface area is 187 Å². The van der Waals surface area contributed by atoms with Crippen molar-refractivity contribution >= 4 is 0 Å². The van der Waals surface area contributed by atoms with Gasteiger partial charge in [-0.15, -0.1) is 0 Å². The molecule has 0 spiro atoms. The van der Waals surface area contributed by atoms with E-state index in [1.807, 2.05) is 0 Å². The Hall–Kier alpha value is -0.510. The van der Waals surface area contributed by atoms with E-state index in [2.05, 4.69) is 26.8 Å². The summed E-state index contributed by atoms with van der Waals surface area (Å²) in [7, 11) is 0. The molecule has 0 aromatic carbocycles. The van der Waals surface area contributed by atoms with E-state index in [1.54, 1.807) is 5.57 Å². The molecule has 4 rings (SSSR count). The summed E-state index contributed by atoms with van der Waals surface area (Å²) in [6.07, 6.45) is 9.40. The molecule has 31 heavy (non-hydrogen) atoms. The first-order chi connectivity index (χ1) is 14.5. The maximum Gasteiger partial charge on any atom is 0.391 e. The third-order valence-electron chi connectivity index (χ3n) is 10.7. The molecule has 0 aromatic rings. The normalized spacial score (nSPS) is 45.0. The van der Waals surface area contributed by atoms with Gasteiger partial charge in [-0.1, -0.05) is 39.3 Å². The third kappa shape index (κ3) is 4.13. The van der Waals surface area contributed by atoms with Crippen molar-refractivity contribution in [3.63, 3.8) is 0 Å². The lowest BCUT2D eigenvalue weighted by Crippen LogP contribution is -2.49. The van der Waals surface area contributed by atoms with E-state index < -0.39 is 12.1 Å². The average Bonchev–Trinajstić information content (AvgIpc) is 2.98. The second-order valence-corrected chi connectivity index (χ2v) is 12.2. The minimum atomic E-state index is -4.06. The van der Waals surface area contributed by atoms with Gasteiger partial charge in [-0.2, -0.15) is 13.2 Å². The predicted octanol–water partition coefficient (Wildman–Crippen LogP) is 7.93. The minimum absolute atomic E-state index is 0.147. The monoisotopic (exact) mass is 440 g/mol. The highest BCUT2D eigenvalue weighted by molar-refractivity contribution is 5.24. The smallest absolute Gasteiger partial charge is 0.391 e. The molecule has 4 heteroatoms. The first-order valence-electron chi connectivity index (χ1n) is 12.9. The molecule has 178 valence electrons. The second kappa shape index (κ2) is 8.37. The lowest BCUT2D eigenvalue weighted by molar-refractivity contribution is -0.172. The fraction of sp³-hybridized carbons (Fsp3) is 0.926. The summed E-state index contributed by atoms with van der Waals surface area (Å²) in [4.78, 5) is 0. The van der Waals surface area contributed by atoms with Crippen LogP contribution in [0.15, 0.2) is 11.6 Å². The van der Waals surface area contributed by atoms with Gasteiger partial charge in [0, 0.05) is 0 Å². The maximum atomic E-state index is 13.0. The van der Waals surface area contributed by atoms with Crippen molar-refractivity contribution in [2.24, 2.45) is 46.3 Å². The standard InChI is InChI=1S/C27H43F3O/c1-17(5-6-18(2)27(28,29)30)22-11-12-23-21-10-8-19-7-9-20(31)13-15-25(19,3)24(21)14-16-26(22,23)4/h8,17-18,20-24,31H,5-7,9-16H2,1-4H3/t17-,18?,20?,21?,22?,23?,24?,25?,26?/m1/s1. The predicted molar refractivity (Wildman–Crippen MR) is 119 cm³/mol. The SMILES string of the molecule is CC(CC[C@@H](C)C1CCC2C3CC=C4CCC(O)CCC4(C)C3CCC21C)C(F)(F)F. The van der Waals surface area contributed by atoms with Crippen LogP contribution in [0.3, 0.4) is 0 Å². The highest BCUT2D eigenvalue weighted by atomic mass is 19.4. The van der Waals surface area contributed by atoms with Crippen molar-refractivity contribution in [2.45, 2.75) is 111 Å². The fourth-order valence-corrected chi connectivity index (χ4v) is 8.68. The van der Waals surface area contributed by atoms with E-state index in [0.29, 0.717) is 30.1 Å². The van der Waals surface area contributed by atoms with Crippen LogP contribution >= 0.6 is 0 Å². The van der Waals surface area contributed by atoms with Crippen LogP contribution in [0.2, 0.25) is 0 Å². The third-order valence-corrected chi connectivity index (χ3v) is 10.7. The summed E-state index contributed by atoms with van der Waals surface area (Å²) in [5, 5.41) is 10.3. The van der Waals surface area contributed by atoms with Gasteiger partial charge in [-0.05, 0) is 111 Å². The van der Waals surface area contributed by atoms with Gasteiger partial charge in [0.1, 0.15) is 0 Å². The van der Waals surface area contributed by atoms with Crippen LogP contribution < -0.4 is 0 Å². The molecule has 3 fully saturated rings. The highest BCUT2D eigenvalue weighted by Gasteiger charge is 2.58. The van der Waals surface area contributed by atoms with E-state index in [0.717, 1.165) is 31.6 Å².